The van der Waals surface area contributed by atoms with Crippen LogP contribution < -0.4 is 0 Å². The Morgan fingerprint density at radius 2 is 1.75 bits per heavy atom. The fourth-order valence-corrected chi connectivity index (χ4v) is 3.21. The van der Waals surface area contributed by atoms with Gasteiger partial charge in [0, 0.05) is 29.6 Å². The molecule has 2 aromatic rings. The Labute approximate surface area is 145 Å². The van der Waals surface area contributed by atoms with E-state index in [9.17, 15) is 14.9 Å². The lowest BCUT2D eigenvalue weighted by Crippen LogP contribution is -2.30. The van der Waals surface area contributed by atoms with Crippen LogP contribution in [0.25, 0.3) is 0 Å². The number of carbonyl (C=O) groups is 1. The molecule has 126 valence electrons. The van der Waals surface area contributed by atoms with Gasteiger partial charge in [0.25, 0.3) is 11.6 Å². The number of carbonyl (C=O) groups excluding carboxylic acids is 1. The van der Waals surface area contributed by atoms with Gasteiger partial charge in [0.1, 0.15) is 0 Å². The molecule has 0 aliphatic rings. The van der Waals surface area contributed by atoms with Crippen LogP contribution in [-0.2, 0) is 0 Å². The first-order valence-corrected chi connectivity index (χ1v) is 8.60. The summed E-state index contributed by atoms with van der Waals surface area (Å²) in [5, 5.41) is 11.4. The molecule has 0 fully saturated rings. The van der Waals surface area contributed by atoms with Crippen LogP contribution in [0.1, 0.15) is 29.8 Å². The lowest BCUT2D eigenvalue weighted by atomic mass is 10.1. The smallest absolute Gasteiger partial charge is 0.284 e. The second-order valence-electron chi connectivity index (χ2n) is 5.33. The molecule has 1 amide bonds. The molecule has 0 aromatic heterocycles. The van der Waals surface area contributed by atoms with Crippen molar-refractivity contribution >= 4 is 23.4 Å². The summed E-state index contributed by atoms with van der Waals surface area (Å²) in [4.78, 5) is 26.5. The van der Waals surface area contributed by atoms with Crippen molar-refractivity contribution in [2.24, 2.45) is 0 Å². The molecular formula is C18H20N2O3S. The van der Waals surface area contributed by atoms with E-state index in [2.05, 4.69) is 0 Å². The highest BCUT2D eigenvalue weighted by Gasteiger charge is 2.20. The number of benzene rings is 2. The van der Waals surface area contributed by atoms with E-state index in [1.54, 1.807) is 17.0 Å². The van der Waals surface area contributed by atoms with E-state index in [0.717, 1.165) is 10.5 Å². The second kappa shape index (κ2) is 7.97. The Morgan fingerprint density at radius 1 is 1.12 bits per heavy atom. The zero-order valence-corrected chi connectivity index (χ0v) is 14.8. The van der Waals surface area contributed by atoms with Crippen LogP contribution in [0.15, 0.2) is 52.3 Å². The molecule has 0 heterocycles. The first-order valence-electron chi connectivity index (χ1n) is 7.78. The van der Waals surface area contributed by atoms with Crippen LogP contribution in [0.3, 0.4) is 0 Å². The van der Waals surface area contributed by atoms with Crippen LogP contribution >= 0.6 is 11.8 Å². The minimum Gasteiger partial charge on any atom is -0.339 e. The van der Waals surface area contributed by atoms with Gasteiger partial charge in [0.05, 0.1) is 9.82 Å². The van der Waals surface area contributed by atoms with E-state index in [-0.39, 0.29) is 11.6 Å². The van der Waals surface area contributed by atoms with E-state index in [1.807, 2.05) is 45.0 Å². The molecule has 2 rings (SSSR count). The number of nitro groups is 1. The minimum absolute atomic E-state index is 0.0430. The van der Waals surface area contributed by atoms with Crippen molar-refractivity contribution in [3.05, 3.63) is 63.7 Å². The topological polar surface area (TPSA) is 63.5 Å². The maximum Gasteiger partial charge on any atom is 0.284 e. The molecule has 0 aliphatic carbocycles. The van der Waals surface area contributed by atoms with E-state index >= 15 is 0 Å². The van der Waals surface area contributed by atoms with Crippen LogP contribution in [0.4, 0.5) is 5.69 Å². The Hall–Kier alpha value is -2.34. The zero-order valence-electron chi connectivity index (χ0n) is 14.0. The third-order valence-electron chi connectivity index (χ3n) is 3.70. The summed E-state index contributed by atoms with van der Waals surface area (Å²) in [5.74, 6) is -0.185. The first kappa shape index (κ1) is 18.0. The summed E-state index contributed by atoms with van der Waals surface area (Å²) in [7, 11) is 0. The van der Waals surface area contributed by atoms with Crippen LogP contribution in [0, 0.1) is 17.0 Å². The summed E-state index contributed by atoms with van der Waals surface area (Å²) in [6.45, 7) is 6.91. The SMILES string of the molecule is CCN(CC)C(=O)c1ccc(Sc2ccc(C)cc2)c([N+](=O)[O-])c1. The molecule has 5 nitrogen and oxygen atoms in total. The molecule has 0 spiro atoms. The largest absolute Gasteiger partial charge is 0.339 e. The Balaban J connectivity index is 2.34. The van der Waals surface area contributed by atoms with Crippen LogP contribution in [0.5, 0.6) is 0 Å². The molecule has 2 aromatic carbocycles. The fraction of sp³-hybridized carbons (Fsp3) is 0.278. The molecule has 0 atom stereocenters. The average Bonchev–Trinajstić information content (AvgIpc) is 2.58. The highest BCUT2D eigenvalue weighted by atomic mass is 32.2. The van der Waals surface area contributed by atoms with Gasteiger partial charge in [-0.2, -0.15) is 0 Å². The first-order chi connectivity index (χ1) is 11.5. The Morgan fingerprint density at radius 3 is 2.29 bits per heavy atom. The van der Waals surface area contributed by atoms with Gasteiger partial charge < -0.3 is 4.90 Å². The lowest BCUT2D eigenvalue weighted by molar-refractivity contribution is -0.387. The van der Waals surface area contributed by atoms with Gasteiger partial charge in [-0.1, -0.05) is 29.5 Å². The van der Waals surface area contributed by atoms with Gasteiger partial charge >= 0.3 is 0 Å². The number of nitrogens with zero attached hydrogens (tertiary/aromatic N) is 2. The van der Waals surface area contributed by atoms with Gasteiger partial charge in [0.2, 0.25) is 0 Å². The fourth-order valence-electron chi connectivity index (χ4n) is 2.31. The molecule has 0 bridgehead atoms. The van der Waals surface area contributed by atoms with E-state index in [1.165, 1.54) is 17.8 Å². The summed E-state index contributed by atoms with van der Waals surface area (Å²) < 4.78 is 0. The van der Waals surface area contributed by atoms with E-state index < -0.39 is 4.92 Å². The van der Waals surface area contributed by atoms with Gasteiger partial charge in [-0.15, -0.1) is 0 Å². The molecule has 0 saturated heterocycles. The zero-order chi connectivity index (χ0) is 17.7. The van der Waals surface area contributed by atoms with Crippen molar-refractivity contribution in [1.82, 2.24) is 4.90 Å². The van der Waals surface area contributed by atoms with Crippen LogP contribution in [-0.4, -0.2) is 28.8 Å². The molecule has 0 aliphatic heterocycles. The monoisotopic (exact) mass is 344 g/mol. The molecular weight excluding hydrogens is 324 g/mol. The second-order valence-corrected chi connectivity index (χ2v) is 6.45. The van der Waals surface area contributed by atoms with Gasteiger partial charge in [-0.25, -0.2) is 0 Å². The Kier molecular flexibility index (Phi) is 5.98. The molecule has 0 N–H and O–H groups in total. The molecule has 6 heteroatoms. The summed E-state index contributed by atoms with van der Waals surface area (Å²) in [6, 6.07) is 12.5. The molecule has 0 unspecified atom stereocenters. The van der Waals surface area contributed by atoms with Crippen molar-refractivity contribution in [3.8, 4) is 0 Å². The number of rotatable bonds is 6. The number of aryl methyl sites for hydroxylation is 1. The third kappa shape index (κ3) is 4.14. The van der Waals surface area contributed by atoms with Crippen LogP contribution in [0.2, 0.25) is 0 Å². The third-order valence-corrected chi connectivity index (χ3v) is 4.78. The normalized spacial score (nSPS) is 10.5. The summed E-state index contributed by atoms with van der Waals surface area (Å²) in [6.07, 6.45) is 0. The predicted octanol–water partition coefficient (Wildman–Crippen LogP) is 4.54. The quantitative estimate of drug-likeness (QED) is 0.570. The van der Waals surface area contributed by atoms with Crippen molar-refractivity contribution in [3.63, 3.8) is 0 Å². The van der Waals surface area contributed by atoms with Gasteiger partial charge in [0.15, 0.2) is 0 Å². The number of hydrogen-bond donors (Lipinski definition) is 0. The van der Waals surface area contributed by atoms with Gasteiger partial charge in [-0.3, -0.25) is 14.9 Å². The van der Waals surface area contributed by atoms with Crippen molar-refractivity contribution < 1.29 is 9.72 Å². The minimum atomic E-state index is -0.435. The molecule has 24 heavy (non-hydrogen) atoms. The van der Waals surface area contributed by atoms with Crippen molar-refractivity contribution in [1.29, 1.82) is 0 Å². The lowest BCUT2D eigenvalue weighted by Gasteiger charge is -2.18. The van der Waals surface area contributed by atoms with Crippen molar-refractivity contribution in [2.75, 3.05) is 13.1 Å². The highest BCUT2D eigenvalue weighted by molar-refractivity contribution is 7.99. The predicted molar refractivity (Wildman–Crippen MR) is 95.6 cm³/mol. The molecule has 0 saturated carbocycles. The maximum absolute atomic E-state index is 12.4. The van der Waals surface area contributed by atoms with Crippen molar-refractivity contribution in [2.45, 2.75) is 30.6 Å². The van der Waals surface area contributed by atoms with E-state index in [4.69, 9.17) is 0 Å². The van der Waals surface area contributed by atoms with Gasteiger partial charge in [-0.05, 0) is 45.0 Å². The Bertz CT molecular complexity index is 740. The summed E-state index contributed by atoms with van der Waals surface area (Å²) >= 11 is 1.33. The molecule has 0 radical (unpaired) electrons. The number of amides is 1. The number of nitro benzene ring substituents is 1. The standard InChI is InChI=1S/C18H20N2O3S/c1-4-19(5-2)18(21)14-8-11-17(16(12-14)20(22)23)24-15-9-6-13(3)7-10-15/h6-12H,4-5H2,1-3H3. The number of hydrogen-bond acceptors (Lipinski definition) is 4. The summed E-state index contributed by atoms with van der Waals surface area (Å²) in [5.41, 5.74) is 1.44. The van der Waals surface area contributed by atoms with E-state index in [0.29, 0.717) is 23.5 Å². The average molecular weight is 344 g/mol. The maximum atomic E-state index is 12.4. The highest BCUT2D eigenvalue weighted by Crippen LogP contribution is 2.35.